The molecule has 0 radical (unpaired) electrons. The summed E-state index contributed by atoms with van der Waals surface area (Å²) in [4.78, 5) is 31.6. The first-order valence-corrected chi connectivity index (χ1v) is 10.8. The zero-order valence-corrected chi connectivity index (χ0v) is 18.8. The molecule has 2 heterocycles. The number of hydrogen-bond acceptors (Lipinski definition) is 4. The zero-order valence-electron chi connectivity index (χ0n) is 18.0. The highest BCUT2D eigenvalue weighted by Crippen LogP contribution is 2.18. The Bertz CT molecular complexity index is 1050. The number of aromatic nitrogens is 2. The second-order valence-corrected chi connectivity index (χ2v) is 8.35. The summed E-state index contributed by atoms with van der Waals surface area (Å²) >= 11 is 5.82. The summed E-state index contributed by atoms with van der Waals surface area (Å²) in [5.74, 6) is -0.756. The molecular weight excluding hydrogens is 433 g/mol. The number of nitrogens with zero attached hydrogens (tertiary/aromatic N) is 1. The van der Waals surface area contributed by atoms with Gasteiger partial charge < -0.3 is 20.9 Å². The molecule has 3 aromatic rings. The lowest BCUT2D eigenvalue weighted by atomic mass is 10.0. The summed E-state index contributed by atoms with van der Waals surface area (Å²) in [6.45, 7) is 4.60. The highest BCUT2D eigenvalue weighted by Gasteiger charge is 2.15. The second kappa shape index (κ2) is 11.1. The molecule has 4 N–H and O–H groups in total. The smallest absolute Gasteiger partial charge is 0.239 e. The van der Waals surface area contributed by atoms with Crippen molar-refractivity contribution in [3.8, 4) is 0 Å². The van der Waals surface area contributed by atoms with E-state index in [0.717, 1.165) is 22.2 Å². The predicted molar refractivity (Wildman–Crippen MR) is 123 cm³/mol. The van der Waals surface area contributed by atoms with Crippen molar-refractivity contribution in [2.75, 3.05) is 13.1 Å². The number of carbonyl (C=O) groups excluding carboxylic acids is 2. The number of aromatic amines is 1. The quantitative estimate of drug-likeness (QED) is 0.374. The minimum Gasteiger partial charge on any atom is -0.357 e. The molecule has 2 atom stereocenters. The molecule has 0 saturated carbocycles. The van der Waals surface area contributed by atoms with E-state index >= 15 is 0 Å². The molecule has 2 amide bonds. The van der Waals surface area contributed by atoms with Gasteiger partial charge in [-0.3, -0.25) is 14.6 Å². The third-order valence-corrected chi connectivity index (χ3v) is 5.40. The fourth-order valence-electron chi connectivity index (χ4n) is 3.32. The third-order valence-electron chi connectivity index (χ3n) is 5.11. The molecule has 2 aromatic heterocycles. The van der Waals surface area contributed by atoms with E-state index in [2.05, 4.69) is 25.9 Å². The Hall–Kier alpha value is -2.97. The largest absolute Gasteiger partial charge is 0.357 e. The van der Waals surface area contributed by atoms with E-state index in [9.17, 15) is 14.0 Å². The van der Waals surface area contributed by atoms with Gasteiger partial charge in [-0.15, -0.1) is 0 Å². The molecule has 0 spiro atoms. The maximum Gasteiger partial charge on any atom is 0.239 e. The van der Waals surface area contributed by atoms with Gasteiger partial charge in [0.25, 0.3) is 0 Å². The summed E-state index contributed by atoms with van der Waals surface area (Å²) in [5, 5.41) is 9.66. The Labute approximate surface area is 191 Å². The van der Waals surface area contributed by atoms with Crippen molar-refractivity contribution < 1.29 is 14.0 Å². The summed E-state index contributed by atoms with van der Waals surface area (Å²) in [7, 11) is 0. The van der Waals surface area contributed by atoms with Crippen LogP contribution in [0.5, 0.6) is 0 Å². The number of rotatable bonds is 10. The SMILES string of the molecule is CC(CNC(C)C(=O)NCC(=O)NCc1cc2cnccc2[nH]1)Cc1ccc(F)c(Cl)c1. The lowest BCUT2D eigenvalue weighted by molar-refractivity contribution is -0.127. The van der Waals surface area contributed by atoms with Gasteiger partial charge in [-0.25, -0.2) is 4.39 Å². The molecule has 0 saturated heterocycles. The van der Waals surface area contributed by atoms with Gasteiger partial charge in [-0.2, -0.15) is 0 Å². The minimum absolute atomic E-state index is 0.101. The van der Waals surface area contributed by atoms with Gasteiger partial charge in [0.2, 0.25) is 11.8 Å². The molecule has 0 bridgehead atoms. The first kappa shape index (κ1) is 23.7. The van der Waals surface area contributed by atoms with Gasteiger partial charge in [-0.05, 0) is 55.6 Å². The van der Waals surface area contributed by atoms with Crippen LogP contribution in [0.4, 0.5) is 4.39 Å². The Morgan fingerprint density at radius 1 is 1.19 bits per heavy atom. The Kier molecular flexibility index (Phi) is 8.19. The van der Waals surface area contributed by atoms with E-state index in [1.54, 1.807) is 31.5 Å². The maximum absolute atomic E-state index is 13.3. The molecule has 0 aliphatic heterocycles. The molecule has 9 heteroatoms. The number of fused-ring (bicyclic) bond motifs is 1. The first-order chi connectivity index (χ1) is 15.3. The van der Waals surface area contributed by atoms with Gasteiger partial charge >= 0.3 is 0 Å². The lowest BCUT2D eigenvalue weighted by Gasteiger charge is -2.18. The molecule has 1 aromatic carbocycles. The van der Waals surface area contributed by atoms with Crippen LogP contribution < -0.4 is 16.0 Å². The number of pyridine rings is 1. The van der Waals surface area contributed by atoms with Gasteiger partial charge in [0.05, 0.1) is 24.2 Å². The van der Waals surface area contributed by atoms with Crippen molar-refractivity contribution in [2.45, 2.75) is 32.9 Å². The number of H-pyrrole nitrogens is 1. The van der Waals surface area contributed by atoms with Crippen LogP contribution in [0, 0.1) is 11.7 Å². The molecule has 0 fully saturated rings. The van der Waals surface area contributed by atoms with Crippen LogP contribution in [0.3, 0.4) is 0 Å². The van der Waals surface area contributed by atoms with E-state index in [4.69, 9.17) is 11.6 Å². The van der Waals surface area contributed by atoms with Crippen LogP contribution in [-0.4, -0.2) is 40.9 Å². The van der Waals surface area contributed by atoms with E-state index in [-0.39, 0.29) is 29.3 Å². The number of benzene rings is 1. The zero-order chi connectivity index (χ0) is 23.1. The summed E-state index contributed by atoms with van der Waals surface area (Å²) < 4.78 is 13.3. The van der Waals surface area contributed by atoms with Crippen molar-refractivity contribution in [1.82, 2.24) is 25.9 Å². The van der Waals surface area contributed by atoms with Gasteiger partial charge in [-0.1, -0.05) is 24.6 Å². The minimum atomic E-state index is -0.455. The molecule has 0 aliphatic carbocycles. The van der Waals surface area contributed by atoms with E-state index in [1.165, 1.54) is 6.07 Å². The summed E-state index contributed by atoms with van der Waals surface area (Å²) in [6.07, 6.45) is 4.15. The topological polar surface area (TPSA) is 98.9 Å². The molecule has 2 unspecified atom stereocenters. The van der Waals surface area contributed by atoms with E-state index in [0.29, 0.717) is 19.5 Å². The Morgan fingerprint density at radius 2 is 2.00 bits per heavy atom. The predicted octanol–water partition coefficient (Wildman–Crippen LogP) is 2.94. The molecular formula is C23H27ClFN5O2. The summed E-state index contributed by atoms with van der Waals surface area (Å²) in [6, 6.07) is 8.02. The standard InChI is InChI=1S/C23H27ClFN5O2/c1-14(7-16-3-4-20(25)19(24)8-16)10-27-15(2)23(32)29-13-22(31)28-12-18-9-17-11-26-6-5-21(17)30-18/h3-6,8-9,11,14-15,27,30H,7,10,12-13H2,1-2H3,(H,28,31)(H,29,32). The highest BCUT2D eigenvalue weighted by atomic mass is 35.5. The van der Waals surface area contributed by atoms with Gasteiger partial charge in [0.15, 0.2) is 0 Å². The fraction of sp³-hybridized carbons (Fsp3) is 0.348. The number of carbonyl (C=O) groups is 2. The lowest BCUT2D eigenvalue weighted by Crippen LogP contribution is -2.46. The average molecular weight is 460 g/mol. The van der Waals surface area contributed by atoms with Crippen molar-refractivity contribution in [2.24, 2.45) is 5.92 Å². The maximum atomic E-state index is 13.3. The average Bonchev–Trinajstić information content (AvgIpc) is 3.20. The van der Waals surface area contributed by atoms with Crippen molar-refractivity contribution >= 4 is 34.3 Å². The van der Waals surface area contributed by atoms with Crippen LogP contribution in [0.2, 0.25) is 5.02 Å². The molecule has 7 nitrogen and oxygen atoms in total. The number of amides is 2. The first-order valence-electron chi connectivity index (χ1n) is 10.4. The van der Waals surface area contributed by atoms with Crippen LogP contribution in [0.25, 0.3) is 10.9 Å². The van der Waals surface area contributed by atoms with E-state index < -0.39 is 11.9 Å². The van der Waals surface area contributed by atoms with Crippen LogP contribution in [0.1, 0.15) is 25.1 Å². The number of hydrogen-bond donors (Lipinski definition) is 4. The van der Waals surface area contributed by atoms with Crippen LogP contribution in [-0.2, 0) is 22.6 Å². The van der Waals surface area contributed by atoms with Crippen LogP contribution in [0.15, 0.2) is 42.7 Å². The second-order valence-electron chi connectivity index (χ2n) is 7.94. The molecule has 170 valence electrons. The van der Waals surface area contributed by atoms with Gasteiger partial charge in [0.1, 0.15) is 5.82 Å². The molecule has 3 rings (SSSR count). The Balaban J connectivity index is 1.35. The Morgan fingerprint density at radius 3 is 2.75 bits per heavy atom. The number of nitrogens with one attached hydrogen (secondary N) is 4. The normalized spacial score (nSPS) is 13.0. The molecule has 32 heavy (non-hydrogen) atoms. The monoisotopic (exact) mass is 459 g/mol. The van der Waals surface area contributed by atoms with Crippen molar-refractivity contribution in [3.63, 3.8) is 0 Å². The van der Waals surface area contributed by atoms with Crippen LogP contribution >= 0.6 is 11.6 Å². The third kappa shape index (κ3) is 6.77. The van der Waals surface area contributed by atoms with Crippen molar-refractivity contribution in [3.05, 3.63) is 64.8 Å². The number of halogens is 2. The highest BCUT2D eigenvalue weighted by molar-refractivity contribution is 6.30. The van der Waals surface area contributed by atoms with E-state index in [1.807, 2.05) is 19.1 Å². The van der Waals surface area contributed by atoms with Crippen molar-refractivity contribution in [1.29, 1.82) is 0 Å². The fourth-order valence-corrected chi connectivity index (χ4v) is 3.52. The van der Waals surface area contributed by atoms with Gasteiger partial charge in [0, 0.05) is 29.0 Å². The summed E-state index contributed by atoms with van der Waals surface area (Å²) in [5.41, 5.74) is 2.75. The molecule has 0 aliphatic rings.